The average molecular weight is 352 g/mol. The zero-order valence-corrected chi connectivity index (χ0v) is 13.2. The fourth-order valence-corrected chi connectivity index (χ4v) is 1.93. The van der Waals surface area contributed by atoms with Crippen LogP contribution in [0, 0.1) is 0 Å². The summed E-state index contributed by atoms with van der Waals surface area (Å²) in [6, 6.07) is 10.7. The molecule has 0 atom stereocenters. The van der Waals surface area contributed by atoms with Crippen molar-refractivity contribution in [2.75, 3.05) is 6.61 Å². The predicted octanol–water partition coefficient (Wildman–Crippen LogP) is 3.33. The fourth-order valence-electron chi connectivity index (χ4n) is 1.93. The fraction of sp³-hybridized carbons (Fsp3) is 0.176. The van der Waals surface area contributed by atoms with E-state index in [4.69, 9.17) is 4.74 Å². The Labute approximate surface area is 141 Å². The third kappa shape index (κ3) is 5.23. The number of phenols is 1. The van der Waals surface area contributed by atoms with Gasteiger partial charge in [0.1, 0.15) is 11.5 Å². The molecule has 0 radical (unpaired) electrons. The summed E-state index contributed by atoms with van der Waals surface area (Å²) in [4.78, 5) is 11.7. The van der Waals surface area contributed by atoms with E-state index >= 15 is 0 Å². The third-order valence-corrected chi connectivity index (χ3v) is 3.17. The van der Waals surface area contributed by atoms with Gasteiger partial charge in [0.25, 0.3) is 5.91 Å². The van der Waals surface area contributed by atoms with Gasteiger partial charge in [0, 0.05) is 5.56 Å². The lowest BCUT2D eigenvalue weighted by Gasteiger charge is -2.10. The molecule has 0 aliphatic heterocycles. The van der Waals surface area contributed by atoms with Gasteiger partial charge in [0.15, 0.2) is 6.61 Å². The molecule has 2 rings (SSSR count). The van der Waals surface area contributed by atoms with Crippen LogP contribution >= 0.6 is 0 Å². The van der Waals surface area contributed by atoms with Crippen molar-refractivity contribution < 1.29 is 27.8 Å². The Kier molecular flexibility index (Phi) is 5.63. The molecule has 0 bridgehead atoms. The predicted molar refractivity (Wildman–Crippen MR) is 85.4 cm³/mol. The second kappa shape index (κ2) is 7.69. The van der Waals surface area contributed by atoms with E-state index in [2.05, 4.69) is 10.5 Å². The molecule has 2 aromatic rings. The number of benzene rings is 2. The molecule has 0 heterocycles. The average Bonchev–Trinajstić information content (AvgIpc) is 2.58. The van der Waals surface area contributed by atoms with Gasteiger partial charge >= 0.3 is 6.18 Å². The normalized spacial score (nSPS) is 11.9. The van der Waals surface area contributed by atoms with Crippen LogP contribution in [0.2, 0.25) is 0 Å². The minimum atomic E-state index is -4.49. The van der Waals surface area contributed by atoms with Crippen LogP contribution in [0.1, 0.15) is 18.1 Å². The molecule has 8 heteroatoms. The highest BCUT2D eigenvalue weighted by molar-refractivity contribution is 6.01. The summed E-state index contributed by atoms with van der Waals surface area (Å²) in [6.45, 7) is 1.09. The Bertz CT molecular complexity index is 789. The Balaban J connectivity index is 1.93. The maximum absolute atomic E-state index is 12.6. The van der Waals surface area contributed by atoms with Gasteiger partial charge in [-0.25, -0.2) is 5.43 Å². The molecule has 1 amide bonds. The highest BCUT2D eigenvalue weighted by Gasteiger charge is 2.30. The Morgan fingerprint density at radius 3 is 2.60 bits per heavy atom. The largest absolute Gasteiger partial charge is 0.507 e. The van der Waals surface area contributed by atoms with Crippen molar-refractivity contribution in [1.82, 2.24) is 5.43 Å². The second-order valence-corrected chi connectivity index (χ2v) is 5.06. The van der Waals surface area contributed by atoms with Crippen molar-refractivity contribution in [3.63, 3.8) is 0 Å². The van der Waals surface area contributed by atoms with Crippen LogP contribution in [0.15, 0.2) is 53.6 Å². The van der Waals surface area contributed by atoms with Crippen LogP contribution in [-0.2, 0) is 11.0 Å². The number of nitrogens with zero attached hydrogens (tertiary/aromatic N) is 1. The molecule has 0 saturated carbocycles. The van der Waals surface area contributed by atoms with Gasteiger partial charge in [0.05, 0.1) is 11.3 Å². The first-order valence-electron chi connectivity index (χ1n) is 7.19. The van der Waals surface area contributed by atoms with Gasteiger partial charge in [-0.2, -0.15) is 18.3 Å². The maximum Gasteiger partial charge on any atom is 0.416 e. The van der Waals surface area contributed by atoms with Crippen molar-refractivity contribution in [3.05, 3.63) is 59.7 Å². The maximum atomic E-state index is 12.6. The lowest BCUT2D eigenvalue weighted by atomic mass is 10.1. The van der Waals surface area contributed by atoms with Crippen LogP contribution in [0.25, 0.3) is 0 Å². The molecule has 0 unspecified atom stereocenters. The van der Waals surface area contributed by atoms with Crippen LogP contribution in [0.3, 0.4) is 0 Å². The molecule has 0 spiro atoms. The molecule has 2 N–H and O–H groups in total. The number of rotatable bonds is 5. The van der Waals surface area contributed by atoms with Crippen molar-refractivity contribution >= 4 is 11.6 Å². The highest BCUT2D eigenvalue weighted by Crippen LogP contribution is 2.31. The van der Waals surface area contributed by atoms with Crippen LogP contribution < -0.4 is 10.2 Å². The summed E-state index contributed by atoms with van der Waals surface area (Å²) in [6.07, 6.45) is -4.49. The summed E-state index contributed by atoms with van der Waals surface area (Å²) in [5.74, 6) is -0.711. The van der Waals surface area contributed by atoms with Gasteiger partial charge in [-0.05, 0) is 37.3 Å². The lowest BCUT2D eigenvalue weighted by Crippen LogP contribution is -2.25. The quantitative estimate of drug-likeness (QED) is 0.640. The van der Waals surface area contributed by atoms with Crippen LogP contribution in [0.4, 0.5) is 13.2 Å². The number of aromatic hydroxyl groups is 1. The molecule has 0 aromatic heterocycles. The Morgan fingerprint density at radius 1 is 1.20 bits per heavy atom. The minimum Gasteiger partial charge on any atom is -0.507 e. The molecule has 2 aromatic carbocycles. The Hall–Kier alpha value is -3.03. The van der Waals surface area contributed by atoms with E-state index < -0.39 is 24.3 Å². The third-order valence-electron chi connectivity index (χ3n) is 3.17. The number of carbonyl (C=O) groups excluding carboxylic acids is 1. The smallest absolute Gasteiger partial charge is 0.416 e. The monoisotopic (exact) mass is 352 g/mol. The van der Waals surface area contributed by atoms with Gasteiger partial charge in [-0.3, -0.25) is 4.79 Å². The number of hydrogen-bond donors (Lipinski definition) is 2. The number of phenolic OH excluding ortho intramolecular Hbond substituents is 1. The molecule has 5 nitrogen and oxygen atoms in total. The number of carbonyl (C=O) groups is 1. The molecule has 25 heavy (non-hydrogen) atoms. The van der Waals surface area contributed by atoms with E-state index in [0.717, 1.165) is 12.1 Å². The number of hydrogen-bond acceptors (Lipinski definition) is 4. The van der Waals surface area contributed by atoms with E-state index in [1.54, 1.807) is 25.1 Å². The first kappa shape index (κ1) is 18.3. The van der Waals surface area contributed by atoms with E-state index in [1.165, 1.54) is 18.2 Å². The number of ether oxygens (including phenoxy) is 1. The molecule has 132 valence electrons. The van der Waals surface area contributed by atoms with Crippen molar-refractivity contribution in [3.8, 4) is 11.5 Å². The van der Waals surface area contributed by atoms with Crippen molar-refractivity contribution in [1.29, 1.82) is 0 Å². The number of alkyl halides is 3. The second-order valence-electron chi connectivity index (χ2n) is 5.06. The van der Waals surface area contributed by atoms with E-state index in [1.807, 2.05) is 0 Å². The molecular formula is C17H15F3N2O3. The van der Waals surface area contributed by atoms with Crippen LogP contribution in [0.5, 0.6) is 11.5 Å². The van der Waals surface area contributed by atoms with Gasteiger partial charge < -0.3 is 9.84 Å². The van der Waals surface area contributed by atoms with Crippen molar-refractivity contribution in [2.24, 2.45) is 5.10 Å². The zero-order valence-electron chi connectivity index (χ0n) is 13.2. The molecule has 0 saturated heterocycles. The molecular weight excluding hydrogens is 337 g/mol. The molecule has 0 fully saturated rings. The standard InChI is InChI=1S/C17H15F3N2O3/c1-11(14-7-2-3-8-15(14)23)21-22-16(24)10-25-13-6-4-5-12(9-13)17(18,19)20/h2-9,23H,10H2,1H3,(H,22,24)/b21-11-. The summed E-state index contributed by atoms with van der Waals surface area (Å²) in [5.41, 5.74) is 2.16. The van der Waals surface area contributed by atoms with E-state index in [-0.39, 0.29) is 11.5 Å². The summed E-state index contributed by atoms with van der Waals surface area (Å²) < 4.78 is 42.8. The van der Waals surface area contributed by atoms with Gasteiger partial charge in [0.2, 0.25) is 0 Å². The molecule has 0 aliphatic rings. The van der Waals surface area contributed by atoms with Gasteiger partial charge in [-0.15, -0.1) is 0 Å². The van der Waals surface area contributed by atoms with E-state index in [0.29, 0.717) is 11.3 Å². The number of para-hydroxylation sites is 1. The lowest BCUT2D eigenvalue weighted by molar-refractivity contribution is -0.137. The summed E-state index contributed by atoms with van der Waals surface area (Å²) in [5, 5.41) is 13.5. The first-order valence-corrected chi connectivity index (χ1v) is 7.19. The van der Waals surface area contributed by atoms with E-state index in [9.17, 15) is 23.1 Å². The van der Waals surface area contributed by atoms with Crippen LogP contribution in [-0.4, -0.2) is 23.3 Å². The number of halogens is 3. The SMILES string of the molecule is C/C(=N/NC(=O)COc1cccc(C(F)(F)F)c1)c1ccccc1O. The first-order chi connectivity index (χ1) is 11.8. The molecule has 0 aliphatic carbocycles. The number of hydrazone groups is 1. The Morgan fingerprint density at radius 2 is 1.92 bits per heavy atom. The minimum absolute atomic E-state index is 0.0122. The number of amides is 1. The number of nitrogens with one attached hydrogen (secondary N) is 1. The summed E-state index contributed by atoms with van der Waals surface area (Å²) in [7, 11) is 0. The van der Waals surface area contributed by atoms with Crippen molar-refractivity contribution in [2.45, 2.75) is 13.1 Å². The van der Waals surface area contributed by atoms with Gasteiger partial charge in [-0.1, -0.05) is 18.2 Å². The summed E-state index contributed by atoms with van der Waals surface area (Å²) >= 11 is 0. The highest BCUT2D eigenvalue weighted by atomic mass is 19.4. The zero-order chi connectivity index (χ0) is 18.4. The topological polar surface area (TPSA) is 70.9 Å².